The van der Waals surface area contributed by atoms with Gasteiger partial charge in [-0.2, -0.15) is 0 Å². The molecule has 0 saturated carbocycles. The molecule has 164 valence electrons. The molecule has 0 fully saturated rings. The Kier molecular flexibility index (Phi) is 6.71. The minimum Gasteiger partial charge on any atom is -0.490 e. The highest BCUT2D eigenvalue weighted by molar-refractivity contribution is 7.21. The zero-order chi connectivity index (χ0) is 22.8. The minimum atomic E-state index is -0.888. The third-order valence-corrected chi connectivity index (χ3v) is 6.78. The van der Waals surface area contributed by atoms with Crippen LogP contribution in [0.4, 0.5) is 9.18 Å². The number of benzene rings is 3. The summed E-state index contributed by atoms with van der Waals surface area (Å²) < 4.78 is 25.8. The third kappa shape index (κ3) is 4.91. The van der Waals surface area contributed by atoms with Crippen molar-refractivity contribution in [3.8, 4) is 22.1 Å². The van der Waals surface area contributed by atoms with Gasteiger partial charge in [-0.15, -0.1) is 11.3 Å². The van der Waals surface area contributed by atoms with E-state index in [1.807, 2.05) is 0 Å². The Morgan fingerprint density at radius 1 is 1.06 bits per heavy atom. The van der Waals surface area contributed by atoms with E-state index in [0.29, 0.717) is 43.3 Å². The molecule has 0 unspecified atom stereocenters. The predicted molar refractivity (Wildman–Crippen MR) is 126 cm³/mol. The molecule has 3 aromatic carbocycles. The van der Waals surface area contributed by atoms with Crippen molar-refractivity contribution < 1.29 is 18.7 Å². The molecule has 0 atom stereocenters. The van der Waals surface area contributed by atoms with Crippen molar-refractivity contribution in [3.63, 3.8) is 0 Å². The molecule has 0 saturated heterocycles. The smallest absolute Gasteiger partial charge is 0.409 e. The van der Waals surface area contributed by atoms with Gasteiger partial charge in [0.05, 0.1) is 26.9 Å². The number of carbonyl (C=O) groups is 1. The van der Waals surface area contributed by atoms with E-state index in [9.17, 15) is 9.18 Å². The number of primary amides is 1. The second kappa shape index (κ2) is 9.50. The third-order valence-electron chi connectivity index (χ3n) is 4.51. The lowest BCUT2D eigenvalue weighted by atomic mass is 10.1. The van der Waals surface area contributed by atoms with Crippen LogP contribution in [-0.2, 0) is 6.42 Å². The molecule has 1 amide bonds. The first-order chi connectivity index (χ1) is 15.3. The summed E-state index contributed by atoms with van der Waals surface area (Å²) in [5, 5.41) is 1.90. The molecule has 1 aromatic heterocycles. The summed E-state index contributed by atoms with van der Waals surface area (Å²) in [5.41, 5.74) is 6.94. The standard InChI is InChI=1S/C22H14Cl3FN2O3S/c23-14-5-6-15(24)20(25)13(14)7-8-30-18-10-19-17(9-16(18)26)28-21(32-19)11-1-3-12(4-2-11)31-22(27)29/h1-6,9-10H,7-8H2,(H2,27,29). The summed E-state index contributed by atoms with van der Waals surface area (Å²) in [7, 11) is 0. The number of hydrogen-bond acceptors (Lipinski definition) is 5. The fourth-order valence-electron chi connectivity index (χ4n) is 3.01. The van der Waals surface area contributed by atoms with Crippen LogP contribution in [0.5, 0.6) is 11.5 Å². The second-order valence-corrected chi connectivity index (χ2v) is 8.86. The first kappa shape index (κ1) is 22.6. The summed E-state index contributed by atoms with van der Waals surface area (Å²) in [4.78, 5) is 15.3. The number of rotatable bonds is 6. The second-order valence-electron chi connectivity index (χ2n) is 6.64. The maximum atomic E-state index is 14.6. The van der Waals surface area contributed by atoms with Gasteiger partial charge in [0.1, 0.15) is 10.8 Å². The van der Waals surface area contributed by atoms with E-state index in [-0.39, 0.29) is 12.4 Å². The normalized spacial score (nSPS) is 11.0. The molecular weight excluding hydrogens is 498 g/mol. The van der Waals surface area contributed by atoms with Crippen LogP contribution in [-0.4, -0.2) is 17.7 Å². The lowest BCUT2D eigenvalue weighted by molar-refractivity contribution is 0.211. The lowest BCUT2D eigenvalue weighted by Gasteiger charge is -2.10. The van der Waals surface area contributed by atoms with Gasteiger partial charge in [0.25, 0.3) is 0 Å². The van der Waals surface area contributed by atoms with Crippen LogP contribution in [0.2, 0.25) is 15.1 Å². The molecule has 10 heteroatoms. The number of aromatic nitrogens is 1. The average Bonchev–Trinajstić information content (AvgIpc) is 3.16. The van der Waals surface area contributed by atoms with Crippen molar-refractivity contribution in [2.75, 3.05) is 6.61 Å². The van der Waals surface area contributed by atoms with Gasteiger partial charge in [0, 0.05) is 29.1 Å². The molecule has 0 aliphatic heterocycles. The zero-order valence-electron chi connectivity index (χ0n) is 16.2. The Balaban J connectivity index is 1.51. The van der Waals surface area contributed by atoms with Crippen molar-refractivity contribution in [2.45, 2.75) is 6.42 Å². The molecule has 4 aromatic rings. The molecule has 0 bridgehead atoms. The Morgan fingerprint density at radius 2 is 1.78 bits per heavy atom. The number of ether oxygens (including phenoxy) is 2. The average molecular weight is 512 g/mol. The van der Waals surface area contributed by atoms with E-state index in [0.717, 1.165) is 10.3 Å². The van der Waals surface area contributed by atoms with Crippen molar-refractivity contribution in [2.24, 2.45) is 5.73 Å². The number of nitrogens with two attached hydrogens (primary N) is 1. The van der Waals surface area contributed by atoms with Crippen LogP contribution in [0, 0.1) is 5.82 Å². The van der Waals surface area contributed by atoms with Crippen molar-refractivity contribution in [1.29, 1.82) is 0 Å². The van der Waals surface area contributed by atoms with Crippen molar-refractivity contribution in [1.82, 2.24) is 4.98 Å². The maximum absolute atomic E-state index is 14.6. The molecule has 32 heavy (non-hydrogen) atoms. The minimum absolute atomic E-state index is 0.104. The SMILES string of the molecule is NC(=O)Oc1ccc(-c2nc3cc(F)c(OCCc4c(Cl)ccc(Cl)c4Cl)cc3s2)cc1. The molecule has 1 heterocycles. The highest BCUT2D eigenvalue weighted by Gasteiger charge is 2.14. The number of carbonyl (C=O) groups excluding carboxylic acids is 1. The number of fused-ring (bicyclic) bond motifs is 1. The van der Waals surface area contributed by atoms with Crippen LogP contribution < -0.4 is 15.2 Å². The van der Waals surface area contributed by atoms with E-state index < -0.39 is 11.9 Å². The zero-order valence-corrected chi connectivity index (χ0v) is 19.3. The molecule has 0 radical (unpaired) electrons. The number of hydrogen-bond donors (Lipinski definition) is 1. The molecule has 4 rings (SSSR count). The molecular formula is C22H14Cl3FN2O3S. The predicted octanol–water partition coefficient (Wildman–Crippen LogP) is 7.14. The molecule has 0 aliphatic rings. The Morgan fingerprint density at radius 3 is 2.50 bits per heavy atom. The quantitative estimate of drug-likeness (QED) is 0.279. The van der Waals surface area contributed by atoms with Crippen LogP contribution in [0.25, 0.3) is 20.8 Å². The van der Waals surface area contributed by atoms with Crippen LogP contribution in [0.15, 0.2) is 48.5 Å². The number of thiazole rings is 1. The number of nitrogens with zero attached hydrogens (tertiary/aromatic N) is 1. The van der Waals surface area contributed by atoms with Crippen LogP contribution >= 0.6 is 46.1 Å². The van der Waals surface area contributed by atoms with E-state index in [2.05, 4.69) is 4.98 Å². The summed E-state index contributed by atoms with van der Waals surface area (Å²) in [6.07, 6.45) is -0.524. The Labute approximate surface area is 201 Å². The van der Waals surface area contributed by atoms with Crippen molar-refractivity contribution >= 4 is 62.4 Å². The van der Waals surface area contributed by atoms with Gasteiger partial charge < -0.3 is 15.2 Å². The number of halogens is 4. The highest BCUT2D eigenvalue weighted by Crippen LogP contribution is 2.35. The number of amides is 1. The van der Waals surface area contributed by atoms with E-state index >= 15 is 0 Å². The van der Waals surface area contributed by atoms with Gasteiger partial charge in [-0.05, 0) is 42.0 Å². The lowest BCUT2D eigenvalue weighted by Crippen LogP contribution is -2.16. The molecule has 5 nitrogen and oxygen atoms in total. The molecule has 0 aliphatic carbocycles. The van der Waals surface area contributed by atoms with Gasteiger partial charge in [-0.3, -0.25) is 0 Å². The van der Waals surface area contributed by atoms with E-state index in [4.69, 9.17) is 50.0 Å². The van der Waals surface area contributed by atoms with E-state index in [1.165, 1.54) is 17.4 Å². The topological polar surface area (TPSA) is 74.4 Å². The van der Waals surface area contributed by atoms with Gasteiger partial charge in [0.2, 0.25) is 0 Å². The van der Waals surface area contributed by atoms with Gasteiger partial charge >= 0.3 is 6.09 Å². The fraction of sp³-hybridized carbons (Fsp3) is 0.0909. The summed E-state index contributed by atoms with van der Waals surface area (Å²) >= 11 is 19.8. The summed E-state index contributed by atoms with van der Waals surface area (Å²) in [5.74, 6) is -0.0981. The Bertz CT molecular complexity index is 1310. The molecule has 0 spiro atoms. The monoisotopic (exact) mass is 510 g/mol. The van der Waals surface area contributed by atoms with Gasteiger partial charge in [-0.25, -0.2) is 14.2 Å². The van der Waals surface area contributed by atoms with Crippen LogP contribution in [0.3, 0.4) is 0 Å². The Hall–Kier alpha value is -2.58. The largest absolute Gasteiger partial charge is 0.490 e. The highest BCUT2D eigenvalue weighted by atomic mass is 35.5. The maximum Gasteiger partial charge on any atom is 0.409 e. The van der Waals surface area contributed by atoms with Gasteiger partial charge in [0.15, 0.2) is 11.6 Å². The summed E-state index contributed by atoms with van der Waals surface area (Å²) in [6.45, 7) is 0.162. The first-order valence-electron chi connectivity index (χ1n) is 9.25. The van der Waals surface area contributed by atoms with Crippen molar-refractivity contribution in [3.05, 3.63) is 75.0 Å². The van der Waals surface area contributed by atoms with E-state index in [1.54, 1.807) is 42.5 Å². The van der Waals surface area contributed by atoms with Gasteiger partial charge in [-0.1, -0.05) is 34.8 Å². The summed E-state index contributed by atoms with van der Waals surface area (Å²) in [6, 6.07) is 12.9. The molecule has 2 N–H and O–H groups in total. The fourth-order valence-corrected chi connectivity index (χ4v) is 4.72. The van der Waals surface area contributed by atoms with Crippen LogP contribution in [0.1, 0.15) is 5.56 Å². The first-order valence-corrected chi connectivity index (χ1v) is 11.2.